The first-order chi connectivity index (χ1) is 15.9. The standard InChI is InChI=1S/C27H29NO5/c1-18-23(32-17-24(29)28-14-13-27(31)12-6-5-9-20(27)16-28)11-10-21-22(15-25(30)33-26(18)21)19-7-3-2-4-8-19/h2-4,7-8,10-11,15,20,31H,5-6,9,12-14,16-17H2,1H3. The number of nitrogens with zero attached hydrogens (tertiary/aromatic N) is 1. The van der Waals surface area contributed by atoms with Crippen LogP contribution >= 0.6 is 0 Å². The van der Waals surface area contributed by atoms with E-state index >= 15 is 0 Å². The Morgan fingerprint density at radius 3 is 2.82 bits per heavy atom. The number of hydrogen-bond donors (Lipinski definition) is 1. The van der Waals surface area contributed by atoms with Crippen molar-refractivity contribution < 1.29 is 19.1 Å². The highest BCUT2D eigenvalue weighted by Crippen LogP contribution is 2.40. The van der Waals surface area contributed by atoms with Crippen molar-refractivity contribution in [2.24, 2.45) is 5.92 Å². The van der Waals surface area contributed by atoms with E-state index in [1.807, 2.05) is 54.3 Å². The molecule has 2 aliphatic rings. The Balaban J connectivity index is 1.34. The van der Waals surface area contributed by atoms with Crippen LogP contribution in [0.3, 0.4) is 0 Å². The Hall–Kier alpha value is -3.12. The monoisotopic (exact) mass is 447 g/mol. The Morgan fingerprint density at radius 1 is 1.18 bits per heavy atom. The van der Waals surface area contributed by atoms with Gasteiger partial charge >= 0.3 is 5.63 Å². The summed E-state index contributed by atoms with van der Waals surface area (Å²) in [4.78, 5) is 26.9. The highest BCUT2D eigenvalue weighted by Gasteiger charge is 2.43. The van der Waals surface area contributed by atoms with Crippen molar-refractivity contribution in [3.05, 3.63) is 64.5 Å². The van der Waals surface area contributed by atoms with Crippen molar-refractivity contribution in [3.63, 3.8) is 0 Å². The van der Waals surface area contributed by atoms with Gasteiger partial charge in [-0.05, 0) is 49.4 Å². The van der Waals surface area contributed by atoms with Crippen LogP contribution in [-0.2, 0) is 4.79 Å². The number of benzene rings is 2. The van der Waals surface area contributed by atoms with Gasteiger partial charge in [0.15, 0.2) is 6.61 Å². The Labute approximate surface area is 192 Å². The lowest BCUT2D eigenvalue weighted by molar-refractivity contribution is -0.145. The summed E-state index contributed by atoms with van der Waals surface area (Å²) >= 11 is 0. The lowest BCUT2D eigenvalue weighted by atomic mass is 9.71. The summed E-state index contributed by atoms with van der Waals surface area (Å²) in [5, 5.41) is 11.7. The van der Waals surface area contributed by atoms with Crippen molar-refractivity contribution in [2.45, 2.75) is 44.6 Å². The van der Waals surface area contributed by atoms with Crippen LogP contribution in [0.25, 0.3) is 22.1 Å². The van der Waals surface area contributed by atoms with Crippen molar-refractivity contribution in [3.8, 4) is 16.9 Å². The van der Waals surface area contributed by atoms with Gasteiger partial charge in [-0.2, -0.15) is 0 Å². The first-order valence-electron chi connectivity index (χ1n) is 11.7. The number of rotatable bonds is 4. The maximum absolute atomic E-state index is 12.9. The van der Waals surface area contributed by atoms with Crippen LogP contribution in [0.5, 0.6) is 5.75 Å². The highest BCUT2D eigenvalue weighted by atomic mass is 16.5. The van der Waals surface area contributed by atoms with E-state index in [1.165, 1.54) is 6.07 Å². The number of ether oxygens (including phenoxy) is 1. The molecule has 2 heterocycles. The molecule has 2 fully saturated rings. The molecule has 1 aromatic heterocycles. The van der Waals surface area contributed by atoms with Crippen LogP contribution < -0.4 is 10.4 Å². The molecule has 1 saturated heterocycles. The number of likely N-dealkylation sites (tertiary alicyclic amines) is 1. The molecule has 6 nitrogen and oxygen atoms in total. The van der Waals surface area contributed by atoms with E-state index in [9.17, 15) is 14.7 Å². The summed E-state index contributed by atoms with van der Waals surface area (Å²) < 4.78 is 11.4. The SMILES string of the molecule is Cc1c(OCC(=O)N2CCC3(O)CCCCC3C2)ccc2c(-c3ccccc3)cc(=O)oc12. The normalized spacial score (nSPS) is 22.7. The van der Waals surface area contributed by atoms with Gasteiger partial charge in [-0.25, -0.2) is 4.79 Å². The minimum absolute atomic E-state index is 0.0818. The van der Waals surface area contributed by atoms with Gasteiger partial charge < -0.3 is 19.2 Å². The average molecular weight is 448 g/mol. The zero-order chi connectivity index (χ0) is 23.0. The second-order valence-electron chi connectivity index (χ2n) is 9.34. The van der Waals surface area contributed by atoms with E-state index in [0.717, 1.165) is 42.2 Å². The minimum atomic E-state index is -0.612. The molecule has 3 aromatic rings. The van der Waals surface area contributed by atoms with E-state index in [1.54, 1.807) is 0 Å². The van der Waals surface area contributed by atoms with Crippen molar-refractivity contribution in [1.29, 1.82) is 0 Å². The van der Waals surface area contributed by atoms with Gasteiger partial charge in [-0.1, -0.05) is 43.2 Å². The van der Waals surface area contributed by atoms with Gasteiger partial charge in [-0.3, -0.25) is 4.79 Å². The van der Waals surface area contributed by atoms with Crippen molar-refractivity contribution in [1.82, 2.24) is 4.90 Å². The number of carbonyl (C=O) groups excluding carboxylic acids is 1. The molecule has 1 amide bonds. The summed E-state index contributed by atoms with van der Waals surface area (Å²) in [5.41, 5.74) is 1.86. The molecule has 1 saturated carbocycles. The predicted molar refractivity (Wildman–Crippen MR) is 126 cm³/mol. The molecule has 0 radical (unpaired) electrons. The van der Waals surface area contributed by atoms with Crippen LogP contribution in [-0.4, -0.2) is 41.2 Å². The zero-order valence-corrected chi connectivity index (χ0v) is 18.9. The van der Waals surface area contributed by atoms with Gasteiger partial charge in [-0.15, -0.1) is 0 Å². The van der Waals surface area contributed by atoms with Gasteiger partial charge in [0.1, 0.15) is 11.3 Å². The summed E-state index contributed by atoms with van der Waals surface area (Å²) in [6, 6.07) is 14.9. The summed E-state index contributed by atoms with van der Waals surface area (Å²) in [6.45, 7) is 2.90. The quantitative estimate of drug-likeness (QED) is 0.603. The van der Waals surface area contributed by atoms with Crippen LogP contribution in [0.1, 0.15) is 37.7 Å². The van der Waals surface area contributed by atoms with E-state index in [0.29, 0.717) is 36.4 Å². The molecule has 0 spiro atoms. The van der Waals surface area contributed by atoms with Crippen LogP contribution in [0, 0.1) is 12.8 Å². The second kappa shape index (κ2) is 8.67. The highest BCUT2D eigenvalue weighted by molar-refractivity contribution is 5.95. The molecule has 172 valence electrons. The molecule has 1 N–H and O–H groups in total. The van der Waals surface area contributed by atoms with Gasteiger partial charge in [0, 0.05) is 36.0 Å². The zero-order valence-electron chi connectivity index (χ0n) is 18.9. The number of amides is 1. The maximum Gasteiger partial charge on any atom is 0.336 e. The number of carbonyl (C=O) groups is 1. The number of piperidine rings is 1. The average Bonchev–Trinajstić information content (AvgIpc) is 2.83. The van der Waals surface area contributed by atoms with E-state index in [2.05, 4.69) is 0 Å². The summed E-state index contributed by atoms with van der Waals surface area (Å²) in [5.74, 6) is 0.592. The second-order valence-corrected chi connectivity index (χ2v) is 9.34. The van der Waals surface area contributed by atoms with Crippen LogP contribution in [0.15, 0.2) is 57.7 Å². The third kappa shape index (κ3) is 4.15. The Kier molecular flexibility index (Phi) is 5.71. The summed E-state index contributed by atoms with van der Waals surface area (Å²) in [7, 11) is 0. The smallest absolute Gasteiger partial charge is 0.336 e. The van der Waals surface area contributed by atoms with E-state index in [4.69, 9.17) is 9.15 Å². The molecule has 1 aliphatic carbocycles. The fourth-order valence-electron chi connectivity index (χ4n) is 5.38. The molecular formula is C27H29NO5. The number of aliphatic hydroxyl groups is 1. The summed E-state index contributed by atoms with van der Waals surface area (Å²) in [6.07, 6.45) is 4.60. The molecule has 2 atom stereocenters. The molecule has 0 bridgehead atoms. The van der Waals surface area contributed by atoms with Crippen molar-refractivity contribution in [2.75, 3.05) is 19.7 Å². The maximum atomic E-state index is 12.9. The van der Waals surface area contributed by atoms with Gasteiger partial charge in [0.25, 0.3) is 5.91 Å². The fraction of sp³-hybridized carbons (Fsp3) is 0.407. The predicted octanol–water partition coefficient (Wildman–Crippen LogP) is 4.30. The largest absolute Gasteiger partial charge is 0.483 e. The number of fused-ring (bicyclic) bond motifs is 2. The van der Waals surface area contributed by atoms with Crippen LogP contribution in [0.4, 0.5) is 0 Å². The van der Waals surface area contributed by atoms with E-state index < -0.39 is 11.2 Å². The van der Waals surface area contributed by atoms with Crippen LogP contribution in [0.2, 0.25) is 0 Å². The molecule has 2 unspecified atom stereocenters. The lowest BCUT2D eigenvalue weighted by Gasteiger charge is -2.47. The molecule has 1 aliphatic heterocycles. The first-order valence-corrected chi connectivity index (χ1v) is 11.7. The van der Waals surface area contributed by atoms with Gasteiger partial charge in [0.05, 0.1) is 5.60 Å². The Morgan fingerprint density at radius 2 is 2.00 bits per heavy atom. The Bertz CT molecular complexity index is 1230. The molecular weight excluding hydrogens is 418 g/mol. The lowest BCUT2D eigenvalue weighted by Crippen LogP contribution is -2.55. The first kappa shape index (κ1) is 21.7. The molecule has 6 heteroatoms. The molecule has 2 aromatic carbocycles. The van der Waals surface area contributed by atoms with Crippen molar-refractivity contribution >= 4 is 16.9 Å². The number of aryl methyl sites for hydroxylation is 1. The fourth-order valence-corrected chi connectivity index (χ4v) is 5.38. The molecule has 33 heavy (non-hydrogen) atoms. The van der Waals surface area contributed by atoms with E-state index in [-0.39, 0.29) is 18.4 Å². The minimum Gasteiger partial charge on any atom is -0.483 e. The molecule has 5 rings (SSSR count). The topological polar surface area (TPSA) is 80.0 Å². The van der Waals surface area contributed by atoms with Gasteiger partial charge in [0.2, 0.25) is 0 Å². The third-order valence-electron chi connectivity index (χ3n) is 7.33. The number of hydrogen-bond acceptors (Lipinski definition) is 5. The third-order valence-corrected chi connectivity index (χ3v) is 7.33.